The van der Waals surface area contributed by atoms with Crippen LogP contribution in [0.3, 0.4) is 0 Å². The summed E-state index contributed by atoms with van der Waals surface area (Å²) in [7, 11) is 0. The van der Waals surface area contributed by atoms with Gasteiger partial charge >= 0.3 is 0 Å². The van der Waals surface area contributed by atoms with Crippen molar-refractivity contribution in [1.82, 2.24) is 19.9 Å². The number of hydrogen-bond acceptors (Lipinski definition) is 5. The number of hydrogen-bond donors (Lipinski definition) is 0. The van der Waals surface area contributed by atoms with Crippen LogP contribution in [-0.2, 0) is 0 Å². The molecule has 11 aromatic rings. The van der Waals surface area contributed by atoms with Crippen LogP contribution in [0.5, 0.6) is 0 Å². The van der Waals surface area contributed by atoms with Crippen LogP contribution in [0, 0.1) is 0 Å². The van der Waals surface area contributed by atoms with Crippen LogP contribution in [0.1, 0.15) is 0 Å². The molecule has 236 valence electrons. The molecular formula is C46H26N4O. The smallest absolute Gasteiger partial charge is 0.144 e. The first-order chi connectivity index (χ1) is 25.3. The summed E-state index contributed by atoms with van der Waals surface area (Å²) >= 11 is 0. The normalized spacial score (nSPS) is 11.9. The van der Waals surface area contributed by atoms with E-state index in [2.05, 4.69) is 120 Å². The summed E-state index contributed by atoms with van der Waals surface area (Å²) in [5, 5.41) is 9.82. The third kappa shape index (κ3) is 4.28. The molecule has 0 aliphatic rings. The van der Waals surface area contributed by atoms with Gasteiger partial charge in [-0.05, 0) is 65.0 Å². The van der Waals surface area contributed by atoms with E-state index in [1.165, 1.54) is 0 Å². The van der Waals surface area contributed by atoms with E-state index in [-0.39, 0.29) is 0 Å². The number of rotatable bonds is 3. The van der Waals surface area contributed by atoms with Gasteiger partial charge in [0.1, 0.15) is 11.2 Å². The highest BCUT2D eigenvalue weighted by Crippen LogP contribution is 2.41. The molecule has 0 saturated heterocycles. The molecule has 0 amide bonds. The maximum absolute atomic E-state index is 6.54. The molecule has 5 heterocycles. The third-order valence-corrected chi connectivity index (χ3v) is 10.2. The second kappa shape index (κ2) is 10.8. The van der Waals surface area contributed by atoms with E-state index in [1.807, 2.05) is 42.9 Å². The Morgan fingerprint density at radius 2 is 1.27 bits per heavy atom. The van der Waals surface area contributed by atoms with Crippen molar-refractivity contribution in [1.29, 1.82) is 0 Å². The molecule has 0 spiro atoms. The van der Waals surface area contributed by atoms with E-state index < -0.39 is 0 Å². The maximum atomic E-state index is 6.54. The van der Waals surface area contributed by atoms with Crippen molar-refractivity contribution >= 4 is 76.2 Å². The fourth-order valence-electron chi connectivity index (χ4n) is 7.73. The monoisotopic (exact) mass is 650 g/mol. The number of furan rings is 1. The van der Waals surface area contributed by atoms with Crippen molar-refractivity contribution in [2.24, 2.45) is 0 Å². The number of nitrogens with zero attached hydrogens (tertiary/aromatic N) is 4. The van der Waals surface area contributed by atoms with Crippen molar-refractivity contribution in [3.05, 3.63) is 158 Å². The molecule has 0 saturated carbocycles. The summed E-state index contributed by atoms with van der Waals surface area (Å²) in [5.41, 5.74) is 10.7. The van der Waals surface area contributed by atoms with Gasteiger partial charge in [-0.25, -0.2) is 4.98 Å². The van der Waals surface area contributed by atoms with Crippen LogP contribution in [0.25, 0.3) is 110 Å². The predicted octanol–water partition coefficient (Wildman–Crippen LogP) is 11.9. The van der Waals surface area contributed by atoms with E-state index in [1.54, 1.807) is 0 Å². The molecule has 0 fully saturated rings. The van der Waals surface area contributed by atoms with Gasteiger partial charge in [-0.15, -0.1) is 0 Å². The Bertz CT molecular complexity index is 3220. The van der Waals surface area contributed by atoms with Crippen LogP contribution in [0.15, 0.2) is 163 Å². The summed E-state index contributed by atoms with van der Waals surface area (Å²) in [6, 6.07) is 48.6. The van der Waals surface area contributed by atoms with Gasteiger partial charge in [-0.2, -0.15) is 0 Å². The molecule has 6 aromatic carbocycles. The Morgan fingerprint density at radius 3 is 2.25 bits per heavy atom. The molecule has 0 aliphatic heterocycles. The van der Waals surface area contributed by atoms with Crippen molar-refractivity contribution in [3.63, 3.8) is 0 Å². The van der Waals surface area contributed by atoms with Crippen molar-refractivity contribution < 1.29 is 4.42 Å². The number of pyridine rings is 4. The van der Waals surface area contributed by atoms with Crippen molar-refractivity contribution in [2.45, 2.75) is 0 Å². The number of fused-ring (bicyclic) bond motifs is 11. The van der Waals surface area contributed by atoms with Gasteiger partial charge < -0.3 is 4.42 Å². The average molecular weight is 651 g/mol. The Hall–Kier alpha value is -6.98. The van der Waals surface area contributed by atoms with Crippen LogP contribution in [-0.4, -0.2) is 19.9 Å². The Morgan fingerprint density at radius 1 is 0.451 bits per heavy atom. The Kier molecular flexibility index (Phi) is 5.89. The number of aromatic nitrogens is 4. The minimum Gasteiger partial charge on any atom is -0.455 e. The van der Waals surface area contributed by atoms with Gasteiger partial charge in [-0.1, -0.05) is 91.0 Å². The van der Waals surface area contributed by atoms with E-state index in [0.29, 0.717) is 0 Å². The fraction of sp³-hybridized carbons (Fsp3) is 0. The van der Waals surface area contributed by atoms with Crippen LogP contribution < -0.4 is 0 Å². The molecule has 0 N–H and O–H groups in total. The zero-order chi connectivity index (χ0) is 33.5. The SMILES string of the molecule is c1cc(-c2cc3cc(-c4ccnc5c4ccc4cccnc45)ccc3cn2)cc(-c2nc3ccccc3c3c2ccc2c4ccccc4oc23)c1. The summed E-state index contributed by atoms with van der Waals surface area (Å²) in [4.78, 5) is 19.5. The Balaban J connectivity index is 1.06. The van der Waals surface area contributed by atoms with Gasteiger partial charge in [0.2, 0.25) is 0 Å². The lowest BCUT2D eigenvalue weighted by Crippen LogP contribution is -1.91. The van der Waals surface area contributed by atoms with E-state index in [9.17, 15) is 0 Å². The van der Waals surface area contributed by atoms with Gasteiger partial charge in [0.25, 0.3) is 0 Å². The Labute approximate surface area is 291 Å². The summed E-state index contributed by atoms with van der Waals surface area (Å²) < 4.78 is 6.54. The highest BCUT2D eigenvalue weighted by atomic mass is 16.3. The lowest BCUT2D eigenvalue weighted by Gasteiger charge is -2.12. The lowest BCUT2D eigenvalue weighted by molar-refractivity contribution is 0.673. The molecule has 0 unspecified atom stereocenters. The summed E-state index contributed by atoms with van der Waals surface area (Å²) in [6.07, 6.45) is 5.67. The van der Waals surface area contributed by atoms with Gasteiger partial charge in [-0.3, -0.25) is 15.0 Å². The second-order valence-corrected chi connectivity index (χ2v) is 13.0. The summed E-state index contributed by atoms with van der Waals surface area (Å²) in [5.74, 6) is 0. The quantitative estimate of drug-likeness (QED) is 0.178. The van der Waals surface area contributed by atoms with Gasteiger partial charge in [0.15, 0.2) is 0 Å². The van der Waals surface area contributed by atoms with Gasteiger partial charge in [0.05, 0.1) is 27.9 Å². The van der Waals surface area contributed by atoms with E-state index in [4.69, 9.17) is 19.4 Å². The molecule has 51 heavy (non-hydrogen) atoms. The fourth-order valence-corrected chi connectivity index (χ4v) is 7.73. The molecule has 5 nitrogen and oxygen atoms in total. The highest BCUT2D eigenvalue weighted by Gasteiger charge is 2.18. The third-order valence-electron chi connectivity index (χ3n) is 10.2. The minimum atomic E-state index is 0.887. The van der Waals surface area contributed by atoms with E-state index >= 15 is 0 Å². The highest BCUT2D eigenvalue weighted by molar-refractivity contribution is 6.24. The first-order valence-electron chi connectivity index (χ1n) is 17.0. The van der Waals surface area contributed by atoms with E-state index in [0.717, 1.165) is 110 Å². The van der Waals surface area contributed by atoms with Crippen LogP contribution >= 0.6 is 0 Å². The van der Waals surface area contributed by atoms with Gasteiger partial charge in [0, 0.05) is 72.8 Å². The zero-order valence-electron chi connectivity index (χ0n) is 27.2. The van der Waals surface area contributed by atoms with Crippen LogP contribution in [0.2, 0.25) is 0 Å². The standard InChI is InChI=1S/C46H26N4O/c1-3-12-39-37(11-1)42-38(19-18-36-34-10-2-4-13-41(34)51-46(36)42)43(50-39)30-8-5-7-29(24-30)40-25-32-23-28(14-15-31(32)26-49-40)33-20-22-48-45-35(33)17-16-27-9-6-21-47-44(27)45/h1-26H. The molecule has 0 atom stereocenters. The molecular weight excluding hydrogens is 625 g/mol. The number of para-hydroxylation sites is 2. The largest absolute Gasteiger partial charge is 0.455 e. The van der Waals surface area contributed by atoms with Crippen LogP contribution in [0.4, 0.5) is 0 Å². The van der Waals surface area contributed by atoms with Crippen molar-refractivity contribution in [3.8, 4) is 33.6 Å². The predicted molar refractivity (Wildman–Crippen MR) is 209 cm³/mol. The van der Waals surface area contributed by atoms with Crippen molar-refractivity contribution in [2.75, 3.05) is 0 Å². The molecule has 0 bridgehead atoms. The average Bonchev–Trinajstić information content (AvgIpc) is 3.59. The molecule has 0 radical (unpaired) electrons. The summed E-state index contributed by atoms with van der Waals surface area (Å²) in [6.45, 7) is 0. The second-order valence-electron chi connectivity index (χ2n) is 13.0. The minimum absolute atomic E-state index is 0.887. The molecule has 0 aliphatic carbocycles. The number of benzene rings is 6. The topological polar surface area (TPSA) is 64.7 Å². The maximum Gasteiger partial charge on any atom is 0.144 e. The zero-order valence-corrected chi connectivity index (χ0v) is 27.2. The molecule has 5 aromatic heterocycles. The molecule has 11 rings (SSSR count). The molecule has 5 heteroatoms. The first kappa shape index (κ1) is 27.9. The first-order valence-corrected chi connectivity index (χ1v) is 17.0. The lowest BCUT2D eigenvalue weighted by atomic mass is 9.96.